The Morgan fingerprint density at radius 1 is 1.60 bits per heavy atom. The van der Waals surface area contributed by atoms with Gasteiger partial charge < -0.3 is 14.3 Å². The average Bonchev–Trinajstić information content (AvgIpc) is 2.19. The molecule has 15 heavy (non-hydrogen) atoms. The number of carbonyl (C=O) groups is 2. The predicted molar refractivity (Wildman–Crippen MR) is 55.3 cm³/mol. The van der Waals surface area contributed by atoms with Crippen LogP contribution >= 0.6 is 0 Å². The summed E-state index contributed by atoms with van der Waals surface area (Å²) in [5, 5.41) is 8.89. The summed E-state index contributed by atoms with van der Waals surface area (Å²) in [4.78, 5) is 22.2. The SMILES string of the molecule is [2H]C([2H])([2H])[N+](C([2H])([2H])[2H])(C([2H])([2H])C)C([2H])([2H])[C@@H](CC(=O)O)OC(C)=O. The lowest BCUT2D eigenvalue weighted by Gasteiger charge is -2.31. The van der Waals surface area contributed by atoms with E-state index in [-0.39, 0.29) is 0 Å². The van der Waals surface area contributed by atoms with Crippen LogP contribution in [-0.4, -0.2) is 54.6 Å². The highest BCUT2D eigenvalue weighted by atomic mass is 16.5. The average molecular weight is 228 g/mol. The Kier molecular flexibility index (Phi) is 1.68. The Balaban J connectivity index is 6.87. The fourth-order valence-electron chi connectivity index (χ4n) is 0.753. The molecule has 0 aliphatic carbocycles. The second kappa shape index (κ2) is 5.70. The quantitative estimate of drug-likeness (QED) is 0.531. The van der Waals surface area contributed by atoms with E-state index in [4.69, 9.17) is 18.8 Å². The smallest absolute Gasteiger partial charge is 0.307 e. The monoisotopic (exact) mass is 228 g/mol. The molecule has 0 bridgehead atoms. The molecule has 1 atom stereocenters. The van der Waals surface area contributed by atoms with Gasteiger partial charge in [0.25, 0.3) is 0 Å². The number of carboxylic acids is 1. The number of esters is 1. The Hall–Kier alpha value is -1.10. The Bertz CT molecular complexity index is 469. The number of aliphatic carboxylic acids is 1. The number of quaternary nitrogens is 1. The van der Waals surface area contributed by atoms with Gasteiger partial charge in [-0.3, -0.25) is 9.59 Å². The van der Waals surface area contributed by atoms with Crippen LogP contribution in [0.4, 0.5) is 0 Å². The van der Waals surface area contributed by atoms with E-state index in [2.05, 4.69) is 4.74 Å². The third kappa shape index (κ3) is 6.90. The van der Waals surface area contributed by atoms with Crippen LogP contribution in [0, 0.1) is 0 Å². The van der Waals surface area contributed by atoms with Crippen molar-refractivity contribution in [1.82, 2.24) is 0 Å². The van der Waals surface area contributed by atoms with Crippen molar-refractivity contribution in [2.75, 3.05) is 26.9 Å². The summed E-state index contributed by atoms with van der Waals surface area (Å²) in [5.41, 5.74) is 0. The maximum Gasteiger partial charge on any atom is 0.307 e. The second-order valence-corrected chi connectivity index (χ2v) is 2.72. The lowest BCUT2D eigenvalue weighted by Crippen LogP contribution is -2.46. The molecule has 0 aromatic carbocycles. The first-order valence-electron chi connectivity index (χ1n) is 9.02. The van der Waals surface area contributed by atoms with Crippen molar-refractivity contribution in [3.05, 3.63) is 0 Å². The fraction of sp³-hybridized carbons (Fsp3) is 0.800. The van der Waals surface area contributed by atoms with Gasteiger partial charge in [-0.05, 0) is 6.92 Å². The number of hydrogen-bond donors (Lipinski definition) is 1. The van der Waals surface area contributed by atoms with Gasteiger partial charge in [0.1, 0.15) is 6.50 Å². The molecule has 0 radical (unpaired) electrons. The van der Waals surface area contributed by atoms with Crippen LogP contribution in [0.25, 0.3) is 0 Å². The summed E-state index contributed by atoms with van der Waals surface area (Å²) in [6.07, 6.45) is -3.62. The number of likely N-dealkylation sites (N-methyl/N-ethyl adjacent to an activating group) is 1. The minimum Gasteiger partial charge on any atom is -0.481 e. The van der Waals surface area contributed by atoms with Crippen LogP contribution in [-0.2, 0) is 14.3 Å². The topological polar surface area (TPSA) is 63.6 Å². The number of hydrogen-bond acceptors (Lipinski definition) is 3. The number of rotatable bonds is 6. The van der Waals surface area contributed by atoms with E-state index in [1.165, 1.54) is 0 Å². The second-order valence-electron chi connectivity index (χ2n) is 2.72. The van der Waals surface area contributed by atoms with Crippen LogP contribution in [0.2, 0.25) is 0 Å². The van der Waals surface area contributed by atoms with E-state index >= 15 is 0 Å². The van der Waals surface area contributed by atoms with Gasteiger partial charge in [-0.2, -0.15) is 0 Å². The van der Waals surface area contributed by atoms with Crippen LogP contribution in [0.5, 0.6) is 0 Å². The highest BCUT2D eigenvalue weighted by molar-refractivity contribution is 5.69. The lowest BCUT2D eigenvalue weighted by molar-refractivity contribution is -0.891. The molecular weight excluding hydrogens is 198 g/mol. The van der Waals surface area contributed by atoms with Gasteiger partial charge in [-0.25, -0.2) is 0 Å². The van der Waals surface area contributed by atoms with E-state index < -0.39 is 55.9 Å². The first-order chi connectivity index (χ1) is 10.7. The molecule has 5 heteroatoms. The van der Waals surface area contributed by atoms with Gasteiger partial charge in [0.2, 0.25) is 0 Å². The maximum atomic E-state index is 11.2. The van der Waals surface area contributed by atoms with Crippen molar-refractivity contribution in [2.45, 2.75) is 26.4 Å². The zero-order valence-electron chi connectivity index (χ0n) is 18.4. The third-order valence-corrected chi connectivity index (χ3v) is 1.34. The summed E-state index contributed by atoms with van der Waals surface area (Å²) in [6, 6.07) is 0. The summed E-state index contributed by atoms with van der Waals surface area (Å²) in [7, 11) is 0. The molecule has 1 N–H and O–H groups in total. The predicted octanol–water partition coefficient (Wildman–Crippen LogP) is 0.489. The number of nitrogens with zero attached hydrogens (tertiary/aromatic N) is 1. The minimum absolute atomic E-state index is 0.551. The Labute approximate surface area is 104 Å². The van der Waals surface area contributed by atoms with Crippen LogP contribution in [0.3, 0.4) is 0 Å². The van der Waals surface area contributed by atoms with Crippen molar-refractivity contribution in [3.63, 3.8) is 0 Å². The first kappa shape index (κ1) is 4.41. The van der Waals surface area contributed by atoms with Crippen molar-refractivity contribution >= 4 is 11.9 Å². The zero-order valence-corrected chi connectivity index (χ0v) is 8.40. The highest BCUT2D eigenvalue weighted by Gasteiger charge is 2.25. The minimum atomic E-state index is -3.79. The Morgan fingerprint density at radius 3 is 2.53 bits per heavy atom. The molecule has 0 amide bonds. The van der Waals surface area contributed by atoms with Gasteiger partial charge in [0.15, 0.2) is 6.10 Å². The highest BCUT2D eigenvalue weighted by Crippen LogP contribution is 2.07. The molecule has 0 saturated carbocycles. The molecule has 0 aliphatic heterocycles. The number of carbonyl (C=O) groups excluding carboxylic acids is 1. The molecule has 0 heterocycles. The van der Waals surface area contributed by atoms with Crippen molar-refractivity contribution in [2.24, 2.45) is 0 Å². The standard InChI is InChI=1S/C10H19NO4/c1-5-11(3,4)7-9(6-10(13)14)15-8(2)12/h9H,5-7H2,1-4H3/p+1/t9-/m1/s1/i3D3,4D3,5D2,7D2. The van der Waals surface area contributed by atoms with Gasteiger partial charge in [0, 0.05) is 6.92 Å². The maximum absolute atomic E-state index is 11.2. The van der Waals surface area contributed by atoms with Crippen LogP contribution < -0.4 is 0 Å². The molecule has 0 aromatic rings. The van der Waals surface area contributed by atoms with Crippen LogP contribution in [0.1, 0.15) is 34.0 Å². The summed E-state index contributed by atoms with van der Waals surface area (Å²) in [5.74, 6) is -2.87. The molecule has 88 valence electrons. The molecule has 0 saturated heterocycles. The van der Waals surface area contributed by atoms with Gasteiger partial charge >= 0.3 is 11.9 Å². The van der Waals surface area contributed by atoms with E-state index in [1.807, 2.05) is 0 Å². The number of carboxylic acid groups (broad SMARTS) is 1. The molecule has 0 spiro atoms. The van der Waals surface area contributed by atoms with E-state index in [0.29, 0.717) is 6.92 Å². The fourth-order valence-corrected chi connectivity index (χ4v) is 0.753. The summed E-state index contributed by atoms with van der Waals surface area (Å²) >= 11 is 0. The zero-order chi connectivity index (χ0) is 20.6. The van der Waals surface area contributed by atoms with E-state index in [9.17, 15) is 9.59 Å². The lowest BCUT2D eigenvalue weighted by atomic mass is 10.2. The molecule has 0 fully saturated rings. The summed E-state index contributed by atoms with van der Waals surface area (Å²) in [6.45, 7) is -13.1. The molecular formula is C10H20NO4+. The van der Waals surface area contributed by atoms with Crippen molar-refractivity contribution < 1.29 is 37.6 Å². The molecule has 0 rings (SSSR count). The molecule has 5 nitrogen and oxygen atoms in total. The summed E-state index contributed by atoms with van der Waals surface area (Å²) < 4.78 is 78.7. The van der Waals surface area contributed by atoms with Gasteiger partial charge in [-0.15, -0.1) is 0 Å². The normalized spacial score (nSPS) is 26.8. The van der Waals surface area contributed by atoms with E-state index in [0.717, 1.165) is 6.92 Å². The van der Waals surface area contributed by atoms with E-state index in [1.54, 1.807) is 0 Å². The third-order valence-electron chi connectivity index (χ3n) is 1.34. The van der Waals surface area contributed by atoms with Gasteiger partial charge in [-0.1, -0.05) is 0 Å². The molecule has 0 aromatic heterocycles. The van der Waals surface area contributed by atoms with Crippen molar-refractivity contribution in [3.8, 4) is 0 Å². The largest absolute Gasteiger partial charge is 0.481 e. The first-order valence-corrected chi connectivity index (χ1v) is 4.02. The van der Waals surface area contributed by atoms with Crippen LogP contribution in [0.15, 0.2) is 0 Å². The molecule has 0 unspecified atom stereocenters. The van der Waals surface area contributed by atoms with Gasteiger partial charge in [0.05, 0.1) is 40.6 Å². The van der Waals surface area contributed by atoms with Crippen molar-refractivity contribution in [1.29, 1.82) is 0 Å². The number of ether oxygens (including phenoxy) is 1. The Morgan fingerprint density at radius 2 is 2.20 bits per heavy atom. The molecule has 0 aliphatic rings.